The number of ether oxygens (including phenoxy) is 1. The summed E-state index contributed by atoms with van der Waals surface area (Å²) in [4.78, 5) is 10.8. The lowest BCUT2D eigenvalue weighted by atomic mass is 9.78. The molecule has 1 saturated heterocycles. The van der Waals surface area contributed by atoms with Crippen LogP contribution in [0.1, 0.15) is 38.2 Å². The first-order valence-corrected chi connectivity index (χ1v) is 8.12. The quantitative estimate of drug-likeness (QED) is 0.599. The molecule has 26 heavy (non-hydrogen) atoms. The summed E-state index contributed by atoms with van der Waals surface area (Å²) in [6.07, 6.45) is 0.568. The highest BCUT2D eigenvalue weighted by molar-refractivity contribution is 6.62. The molecule has 1 fully saturated rings. The van der Waals surface area contributed by atoms with Crippen molar-refractivity contribution in [2.24, 2.45) is 0 Å². The van der Waals surface area contributed by atoms with Crippen molar-refractivity contribution < 1.29 is 32.0 Å². The van der Waals surface area contributed by atoms with Gasteiger partial charge in [0.15, 0.2) is 12.0 Å². The molecule has 0 saturated carbocycles. The summed E-state index contributed by atoms with van der Waals surface area (Å²) in [6, 6.07) is 7.64. The third-order valence-corrected chi connectivity index (χ3v) is 4.71. The van der Waals surface area contributed by atoms with E-state index in [2.05, 4.69) is 4.74 Å². The molecule has 1 aliphatic heterocycles. The fraction of sp³-hybridized carbons (Fsp3) is 0.389. The summed E-state index contributed by atoms with van der Waals surface area (Å²) in [7, 11) is -0.750. The second-order valence-electron chi connectivity index (χ2n) is 7.08. The summed E-state index contributed by atoms with van der Waals surface area (Å²) in [6.45, 7) is 4.62. The van der Waals surface area contributed by atoms with Crippen LogP contribution in [0.15, 0.2) is 34.7 Å². The van der Waals surface area contributed by atoms with Gasteiger partial charge in [-0.05, 0) is 57.4 Å². The lowest BCUT2D eigenvalue weighted by Gasteiger charge is -2.32. The Balaban J connectivity index is 2.02. The Morgan fingerprint density at radius 2 is 1.73 bits per heavy atom. The van der Waals surface area contributed by atoms with E-state index in [9.17, 15) is 13.6 Å². The number of furan rings is 1. The zero-order chi connectivity index (χ0) is 19.1. The van der Waals surface area contributed by atoms with Gasteiger partial charge in [-0.3, -0.25) is 4.79 Å². The van der Waals surface area contributed by atoms with Crippen molar-refractivity contribution in [3.63, 3.8) is 0 Å². The Kier molecular flexibility index (Phi) is 4.66. The highest BCUT2D eigenvalue weighted by atomic mass is 19.3. The number of rotatable bonds is 5. The first kappa shape index (κ1) is 18.6. The monoisotopic (exact) mass is 364 g/mol. The average molecular weight is 364 g/mol. The van der Waals surface area contributed by atoms with Crippen molar-refractivity contribution in [1.29, 1.82) is 0 Å². The van der Waals surface area contributed by atoms with E-state index in [1.165, 1.54) is 18.2 Å². The molecule has 0 spiro atoms. The zero-order valence-corrected chi connectivity index (χ0v) is 14.9. The molecule has 8 heteroatoms. The maximum atomic E-state index is 12.7. The maximum Gasteiger partial charge on any atom is 0.494 e. The van der Waals surface area contributed by atoms with Gasteiger partial charge in [0.1, 0.15) is 11.5 Å². The lowest BCUT2D eigenvalue weighted by Crippen LogP contribution is -2.41. The molecule has 2 aromatic rings. The van der Waals surface area contributed by atoms with Crippen LogP contribution >= 0.6 is 0 Å². The predicted octanol–water partition coefficient (Wildman–Crippen LogP) is 3.66. The molecule has 5 nitrogen and oxygen atoms in total. The first-order chi connectivity index (χ1) is 12.1. The average Bonchev–Trinajstić information content (AvgIpc) is 3.09. The Morgan fingerprint density at radius 3 is 2.27 bits per heavy atom. The van der Waals surface area contributed by atoms with Gasteiger partial charge in [-0.1, -0.05) is 6.07 Å². The molecule has 1 aliphatic rings. The number of carbonyl (C=O) groups is 1. The number of carbonyl (C=O) groups excluding carboxylic acids is 1. The van der Waals surface area contributed by atoms with E-state index >= 15 is 0 Å². The van der Waals surface area contributed by atoms with Gasteiger partial charge in [0.25, 0.3) is 0 Å². The molecule has 1 aromatic heterocycles. The molecule has 0 bridgehead atoms. The number of hydrogen-bond donors (Lipinski definition) is 0. The third kappa shape index (κ3) is 3.52. The third-order valence-electron chi connectivity index (χ3n) is 4.71. The van der Waals surface area contributed by atoms with Crippen molar-refractivity contribution in [2.45, 2.75) is 45.5 Å². The molecular formula is C18H19BF2O5. The van der Waals surface area contributed by atoms with E-state index in [0.717, 1.165) is 0 Å². The SMILES string of the molecule is CC1(C)OB(c2cc(OC(F)F)cc(-c3ccc(C=O)o3)c2)OC1(C)C. The minimum absolute atomic E-state index is 0.0498. The van der Waals surface area contributed by atoms with Crippen molar-refractivity contribution in [3.05, 3.63) is 36.1 Å². The van der Waals surface area contributed by atoms with E-state index < -0.39 is 24.9 Å². The van der Waals surface area contributed by atoms with E-state index in [1.807, 2.05) is 27.7 Å². The number of alkyl halides is 2. The molecule has 3 rings (SSSR count). The van der Waals surface area contributed by atoms with Gasteiger partial charge in [-0.25, -0.2) is 0 Å². The summed E-state index contributed by atoms with van der Waals surface area (Å²) < 4.78 is 47.3. The maximum absolute atomic E-state index is 12.7. The highest BCUT2D eigenvalue weighted by Gasteiger charge is 2.51. The molecule has 0 aliphatic carbocycles. The zero-order valence-electron chi connectivity index (χ0n) is 14.9. The predicted molar refractivity (Wildman–Crippen MR) is 91.9 cm³/mol. The van der Waals surface area contributed by atoms with Crippen LogP contribution < -0.4 is 10.2 Å². The second-order valence-corrected chi connectivity index (χ2v) is 7.08. The van der Waals surface area contributed by atoms with Gasteiger partial charge in [0.05, 0.1) is 11.2 Å². The summed E-state index contributed by atoms with van der Waals surface area (Å²) >= 11 is 0. The van der Waals surface area contributed by atoms with Crippen LogP contribution in [0.4, 0.5) is 8.78 Å². The van der Waals surface area contributed by atoms with Gasteiger partial charge in [-0.15, -0.1) is 0 Å². The Labute approximate surface area is 150 Å². The minimum atomic E-state index is -2.97. The van der Waals surface area contributed by atoms with Gasteiger partial charge in [0.2, 0.25) is 0 Å². The number of halogens is 2. The largest absolute Gasteiger partial charge is 0.494 e. The molecule has 0 atom stereocenters. The van der Waals surface area contributed by atoms with Crippen molar-refractivity contribution in [2.75, 3.05) is 0 Å². The topological polar surface area (TPSA) is 57.9 Å². The summed E-state index contributed by atoms with van der Waals surface area (Å²) in [5.41, 5.74) is -0.165. The van der Waals surface area contributed by atoms with Crippen LogP contribution in [0.5, 0.6) is 5.75 Å². The fourth-order valence-electron chi connectivity index (χ4n) is 2.62. The van der Waals surface area contributed by atoms with E-state index in [0.29, 0.717) is 23.1 Å². The first-order valence-electron chi connectivity index (χ1n) is 8.12. The Morgan fingerprint density at radius 1 is 1.08 bits per heavy atom. The lowest BCUT2D eigenvalue weighted by molar-refractivity contribution is -0.0497. The number of hydrogen-bond acceptors (Lipinski definition) is 5. The summed E-state index contributed by atoms with van der Waals surface area (Å²) in [5.74, 6) is 0.438. The van der Waals surface area contributed by atoms with Crippen LogP contribution in [0.3, 0.4) is 0 Å². The van der Waals surface area contributed by atoms with Crippen molar-refractivity contribution in [3.8, 4) is 17.1 Å². The number of benzene rings is 1. The normalized spacial score (nSPS) is 18.3. The molecule has 0 unspecified atom stereocenters. The van der Waals surface area contributed by atoms with Crippen LogP contribution in [-0.2, 0) is 9.31 Å². The van der Waals surface area contributed by atoms with Gasteiger partial charge >= 0.3 is 13.7 Å². The van der Waals surface area contributed by atoms with E-state index in [1.54, 1.807) is 12.1 Å². The fourth-order valence-corrected chi connectivity index (χ4v) is 2.62. The number of aldehydes is 1. The van der Waals surface area contributed by atoms with Gasteiger partial charge in [-0.2, -0.15) is 8.78 Å². The van der Waals surface area contributed by atoms with E-state index in [4.69, 9.17) is 13.7 Å². The molecular weight excluding hydrogens is 345 g/mol. The van der Waals surface area contributed by atoms with Gasteiger partial charge in [0, 0.05) is 5.56 Å². The van der Waals surface area contributed by atoms with Crippen molar-refractivity contribution in [1.82, 2.24) is 0 Å². The standard InChI is InChI=1S/C18H19BF2O5/c1-17(2)18(3,4)26-19(25-17)12-7-11(8-14(9-12)24-16(20)21)15-6-5-13(10-22)23-15/h5-10,16H,1-4H3. The summed E-state index contributed by atoms with van der Waals surface area (Å²) in [5, 5.41) is 0. The molecule has 0 N–H and O–H groups in total. The molecule has 138 valence electrons. The Hall–Kier alpha value is -2.19. The van der Waals surface area contributed by atoms with Crippen LogP contribution in [0.2, 0.25) is 0 Å². The van der Waals surface area contributed by atoms with Crippen LogP contribution in [0.25, 0.3) is 11.3 Å². The van der Waals surface area contributed by atoms with Crippen LogP contribution in [-0.4, -0.2) is 31.2 Å². The molecule has 2 heterocycles. The molecule has 1 aromatic carbocycles. The van der Waals surface area contributed by atoms with Crippen LogP contribution in [0, 0.1) is 0 Å². The molecule has 0 radical (unpaired) electrons. The van der Waals surface area contributed by atoms with E-state index in [-0.39, 0.29) is 11.5 Å². The smallest absolute Gasteiger partial charge is 0.453 e. The van der Waals surface area contributed by atoms with Crippen molar-refractivity contribution >= 4 is 18.9 Å². The minimum Gasteiger partial charge on any atom is -0.453 e. The Bertz CT molecular complexity index is 800. The second kappa shape index (κ2) is 6.52. The molecule has 0 amide bonds. The highest BCUT2D eigenvalue weighted by Crippen LogP contribution is 2.37. The van der Waals surface area contributed by atoms with Gasteiger partial charge < -0.3 is 18.5 Å².